The average molecular weight is 295 g/mol. The van der Waals surface area contributed by atoms with Crippen molar-refractivity contribution in [2.24, 2.45) is 0 Å². The van der Waals surface area contributed by atoms with Gasteiger partial charge in [0.15, 0.2) is 5.76 Å². The Bertz CT molecular complexity index is 841. The highest BCUT2D eigenvalue weighted by molar-refractivity contribution is 6.07. The monoisotopic (exact) mass is 295 g/mol. The first-order valence-electron chi connectivity index (χ1n) is 6.66. The van der Waals surface area contributed by atoms with Crippen molar-refractivity contribution in [2.45, 2.75) is 6.92 Å². The Balaban J connectivity index is 1.82. The molecule has 0 aliphatic rings. The molecule has 22 heavy (non-hydrogen) atoms. The molecule has 110 valence electrons. The predicted octanol–water partition coefficient (Wildman–Crippen LogP) is 2.21. The number of carbonyl (C=O) groups is 2. The maximum absolute atomic E-state index is 12.3. The van der Waals surface area contributed by atoms with E-state index in [0.29, 0.717) is 5.56 Å². The highest BCUT2D eigenvalue weighted by atomic mass is 16.3. The Hall–Kier alpha value is -3.15. The van der Waals surface area contributed by atoms with Gasteiger partial charge in [-0.1, -0.05) is 18.2 Å². The van der Waals surface area contributed by atoms with Crippen LogP contribution in [-0.2, 0) is 0 Å². The van der Waals surface area contributed by atoms with E-state index in [0.717, 1.165) is 16.6 Å². The predicted molar refractivity (Wildman–Crippen MR) is 80.1 cm³/mol. The molecule has 0 spiro atoms. The van der Waals surface area contributed by atoms with Gasteiger partial charge in [0, 0.05) is 11.1 Å². The molecule has 0 aliphatic heterocycles. The van der Waals surface area contributed by atoms with Crippen LogP contribution in [0, 0.1) is 6.92 Å². The smallest absolute Gasteiger partial charge is 0.305 e. The van der Waals surface area contributed by atoms with Gasteiger partial charge in [0.05, 0.1) is 17.3 Å². The van der Waals surface area contributed by atoms with E-state index in [1.807, 2.05) is 31.2 Å². The van der Waals surface area contributed by atoms with Crippen molar-refractivity contribution in [3.63, 3.8) is 0 Å². The Labute approximate surface area is 126 Å². The molecule has 0 aliphatic carbocycles. The van der Waals surface area contributed by atoms with Crippen molar-refractivity contribution >= 4 is 22.7 Å². The maximum Gasteiger partial charge on any atom is 0.305 e. The molecule has 0 saturated carbocycles. The number of nitrogens with zero attached hydrogens (tertiary/aromatic N) is 1. The molecule has 2 N–H and O–H groups in total. The van der Waals surface area contributed by atoms with E-state index in [1.165, 1.54) is 12.3 Å². The molecule has 6 nitrogen and oxygen atoms in total. The number of aromatic nitrogens is 1. The summed E-state index contributed by atoms with van der Waals surface area (Å²) in [4.78, 5) is 28.4. The van der Waals surface area contributed by atoms with Crippen LogP contribution in [0.25, 0.3) is 10.9 Å². The van der Waals surface area contributed by atoms with E-state index < -0.39 is 11.8 Å². The van der Waals surface area contributed by atoms with Crippen LogP contribution in [0.15, 0.2) is 53.1 Å². The van der Waals surface area contributed by atoms with Crippen LogP contribution in [0.3, 0.4) is 0 Å². The zero-order chi connectivity index (χ0) is 15.5. The van der Waals surface area contributed by atoms with E-state index >= 15 is 0 Å². The van der Waals surface area contributed by atoms with Gasteiger partial charge in [0.25, 0.3) is 5.91 Å². The Morgan fingerprint density at radius 3 is 2.59 bits per heavy atom. The fraction of sp³-hybridized carbons (Fsp3) is 0.0625. The van der Waals surface area contributed by atoms with Gasteiger partial charge in [-0.25, -0.2) is 0 Å². The second kappa shape index (κ2) is 5.69. The summed E-state index contributed by atoms with van der Waals surface area (Å²) in [5.41, 5.74) is 6.59. The van der Waals surface area contributed by atoms with Gasteiger partial charge in [-0.3, -0.25) is 25.4 Å². The molecule has 0 radical (unpaired) electrons. The number of amides is 2. The molecule has 0 unspecified atom stereocenters. The largest absolute Gasteiger partial charge is 0.459 e. The number of fused-ring (bicyclic) bond motifs is 1. The van der Waals surface area contributed by atoms with Crippen LogP contribution in [0.4, 0.5) is 0 Å². The zero-order valence-corrected chi connectivity index (χ0v) is 11.8. The summed E-state index contributed by atoms with van der Waals surface area (Å²) < 4.78 is 4.95. The summed E-state index contributed by atoms with van der Waals surface area (Å²) in [6, 6.07) is 12.1. The molecule has 0 atom stereocenters. The van der Waals surface area contributed by atoms with Gasteiger partial charge in [0.2, 0.25) is 0 Å². The number of hydrogen-bond donors (Lipinski definition) is 2. The standard InChI is InChI=1S/C16H13N3O3/c1-10-9-12(11-5-2-3-6-13(11)17-10)15(20)18-19-16(21)14-7-4-8-22-14/h2-9H,1H3,(H,18,20)(H,19,21). The number of pyridine rings is 1. The molecular weight excluding hydrogens is 282 g/mol. The first-order valence-corrected chi connectivity index (χ1v) is 6.66. The molecule has 0 saturated heterocycles. The Morgan fingerprint density at radius 2 is 1.82 bits per heavy atom. The number of hydrogen-bond acceptors (Lipinski definition) is 4. The SMILES string of the molecule is Cc1cc(C(=O)NNC(=O)c2ccco2)c2ccccc2n1. The Morgan fingerprint density at radius 1 is 1.05 bits per heavy atom. The van der Waals surface area contributed by atoms with E-state index in [1.54, 1.807) is 12.1 Å². The van der Waals surface area contributed by atoms with Crippen molar-refractivity contribution in [1.82, 2.24) is 15.8 Å². The van der Waals surface area contributed by atoms with Crippen LogP contribution >= 0.6 is 0 Å². The highest BCUT2D eigenvalue weighted by Gasteiger charge is 2.14. The number of aryl methyl sites for hydroxylation is 1. The van der Waals surface area contributed by atoms with Gasteiger partial charge in [-0.2, -0.15) is 0 Å². The average Bonchev–Trinajstić information content (AvgIpc) is 3.06. The third-order valence-corrected chi connectivity index (χ3v) is 3.12. The topological polar surface area (TPSA) is 84.2 Å². The maximum atomic E-state index is 12.3. The van der Waals surface area contributed by atoms with Crippen molar-refractivity contribution in [2.75, 3.05) is 0 Å². The lowest BCUT2D eigenvalue weighted by molar-refractivity contribution is 0.0831. The minimum atomic E-state index is -0.520. The number of furan rings is 1. The fourth-order valence-corrected chi connectivity index (χ4v) is 2.15. The molecule has 3 aromatic rings. The third-order valence-electron chi connectivity index (χ3n) is 3.12. The fourth-order valence-electron chi connectivity index (χ4n) is 2.15. The van der Waals surface area contributed by atoms with E-state index in [9.17, 15) is 9.59 Å². The lowest BCUT2D eigenvalue weighted by Gasteiger charge is -2.09. The Kier molecular flexibility index (Phi) is 3.57. The van der Waals surface area contributed by atoms with Crippen molar-refractivity contribution in [3.8, 4) is 0 Å². The van der Waals surface area contributed by atoms with Crippen molar-refractivity contribution < 1.29 is 14.0 Å². The van der Waals surface area contributed by atoms with Crippen LogP contribution in [0.5, 0.6) is 0 Å². The molecule has 2 amide bonds. The first-order chi connectivity index (χ1) is 10.6. The van der Waals surface area contributed by atoms with Crippen molar-refractivity contribution in [1.29, 1.82) is 0 Å². The van der Waals surface area contributed by atoms with Gasteiger partial charge in [0.1, 0.15) is 0 Å². The lowest BCUT2D eigenvalue weighted by atomic mass is 10.1. The summed E-state index contributed by atoms with van der Waals surface area (Å²) in [6.45, 7) is 1.81. The first kappa shape index (κ1) is 13.8. The number of nitrogens with one attached hydrogen (secondary N) is 2. The minimum Gasteiger partial charge on any atom is -0.459 e. The van der Waals surface area contributed by atoms with Crippen LogP contribution in [0.2, 0.25) is 0 Å². The minimum absolute atomic E-state index is 0.121. The summed E-state index contributed by atoms with van der Waals surface area (Å²) in [7, 11) is 0. The van der Waals surface area contributed by atoms with Gasteiger partial charge >= 0.3 is 5.91 Å². The lowest BCUT2D eigenvalue weighted by Crippen LogP contribution is -2.41. The van der Waals surface area contributed by atoms with Crippen molar-refractivity contribution in [3.05, 3.63) is 65.7 Å². The number of carbonyl (C=O) groups excluding carboxylic acids is 2. The molecular formula is C16H13N3O3. The van der Waals surface area contributed by atoms with Gasteiger partial charge in [-0.15, -0.1) is 0 Å². The van der Waals surface area contributed by atoms with Gasteiger partial charge < -0.3 is 4.42 Å². The van der Waals surface area contributed by atoms with E-state index in [-0.39, 0.29) is 5.76 Å². The summed E-state index contributed by atoms with van der Waals surface area (Å²) in [5, 5.41) is 0.720. The van der Waals surface area contributed by atoms with Gasteiger partial charge in [-0.05, 0) is 31.2 Å². The quantitative estimate of drug-likeness (QED) is 0.710. The number of benzene rings is 1. The van der Waals surface area contributed by atoms with E-state index in [2.05, 4.69) is 15.8 Å². The highest BCUT2D eigenvalue weighted by Crippen LogP contribution is 2.17. The molecule has 6 heteroatoms. The molecule has 2 heterocycles. The second-order valence-electron chi connectivity index (χ2n) is 4.71. The second-order valence-corrected chi connectivity index (χ2v) is 4.71. The third kappa shape index (κ3) is 2.67. The summed E-state index contributed by atoms with van der Waals surface area (Å²) in [6.07, 6.45) is 1.39. The number of para-hydroxylation sites is 1. The summed E-state index contributed by atoms with van der Waals surface area (Å²) >= 11 is 0. The molecule has 0 bridgehead atoms. The molecule has 1 aromatic carbocycles. The molecule has 2 aromatic heterocycles. The molecule has 0 fully saturated rings. The zero-order valence-electron chi connectivity index (χ0n) is 11.8. The number of hydrazine groups is 1. The number of rotatable bonds is 2. The van der Waals surface area contributed by atoms with E-state index in [4.69, 9.17) is 4.42 Å². The van der Waals surface area contributed by atoms with Crippen LogP contribution < -0.4 is 10.9 Å². The normalized spacial score (nSPS) is 10.4. The van der Waals surface area contributed by atoms with Crippen LogP contribution in [0.1, 0.15) is 26.6 Å². The van der Waals surface area contributed by atoms with Crippen LogP contribution in [-0.4, -0.2) is 16.8 Å². The summed E-state index contributed by atoms with van der Waals surface area (Å²) in [5.74, 6) is -0.814. The molecule has 3 rings (SSSR count).